The first-order chi connectivity index (χ1) is 7.33. The lowest BCUT2D eigenvalue weighted by Gasteiger charge is -2.34. The van der Waals surface area contributed by atoms with Gasteiger partial charge >= 0.3 is 0 Å². The van der Waals surface area contributed by atoms with Gasteiger partial charge < -0.3 is 14.6 Å². The summed E-state index contributed by atoms with van der Waals surface area (Å²) in [6, 6.07) is 0.769. The second-order valence-electron chi connectivity index (χ2n) is 4.13. The van der Waals surface area contributed by atoms with Gasteiger partial charge in [-0.2, -0.15) is 0 Å². The molecule has 1 aromatic rings. The summed E-state index contributed by atoms with van der Waals surface area (Å²) in [4.78, 5) is 4.20. The van der Waals surface area contributed by atoms with Crippen LogP contribution in [0.1, 0.15) is 19.8 Å². The lowest BCUT2D eigenvalue weighted by molar-refractivity contribution is 0.0540. The van der Waals surface area contributed by atoms with Gasteiger partial charge in [-0.15, -0.1) is 0 Å². The fourth-order valence-electron chi connectivity index (χ4n) is 2.03. The first-order valence-electron chi connectivity index (χ1n) is 5.65. The number of ether oxygens (including phenoxy) is 1. The maximum Gasteiger partial charge on any atom is 0.296 e. The Morgan fingerprint density at radius 3 is 3.07 bits per heavy atom. The molecule has 1 saturated carbocycles. The van der Waals surface area contributed by atoms with Crippen LogP contribution in [0.25, 0.3) is 0 Å². The number of aromatic nitrogens is 2. The largest absolute Gasteiger partial charge is 0.461 e. The SMILES string of the molecule is CCn1ccnc1OC1CC(CNC)C1. The van der Waals surface area contributed by atoms with Gasteiger partial charge in [0, 0.05) is 18.9 Å². The number of hydrogen-bond donors (Lipinski definition) is 1. The summed E-state index contributed by atoms with van der Waals surface area (Å²) in [5.74, 6) is 0.782. The number of rotatable bonds is 5. The van der Waals surface area contributed by atoms with Crippen LogP contribution in [0.5, 0.6) is 6.01 Å². The van der Waals surface area contributed by atoms with Crippen molar-refractivity contribution in [1.29, 1.82) is 0 Å². The monoisotopic (exact) mass is 209 g/mol. The molecule has 0 radical (unpaired) electrons. The van der Waals surface area contributed by atoms with Crippen molar-refractivity contribution in [2.24, 2.45) is 5.92 Å². The highest BCUT2D eigenvalue weighted by Crippen LogP contribution is 2.30. The molecule has 1 aliphatic carbocycles. The van der Waals surface area contributed by atoms with Gasteiger partial charge in [-0.05, 0) is 39.3 Å². The maximum absolute atomic E-state index is 5.81. The molecule has 4 nitrogen and oxygen atoms in total. The Morgan fingerprint density at radius 1 is 1.60 bits per heavy atom. The quantitative estimate of drug-likeness (QED) is 0.794. The molecule has 1 aromatic heterocycles. The molecule has 84 valence electrons. The van der Waals surface area contributed by atoms with E-state index in [0.717, 1.165) is 37.9 Å². The van der Waals surface area contributed by atoms with Crippen molar-refractivity contribution in [3.8, 4) is 6.01 Å². The van der Waals surface area contributed by atoms with E-state index in [2.05, 4.69) is 17.2 Å². The van der Waals surface area contributed by atoms with Crippen LogP contribution in [0.4, 0.5) is 0 Å². The minimum absolute atomic E-state index is 0.371. The van der Waals surface area contributed by atoms with Crippen molar-refractivity contribution >= 4 is 0 Å². The molecule has 1 aliphatic rings. The van der Waals surface area contributed by atoms with E-state index in [9.17, 15) is 0 Å². The number of nitrogens with one attached hydrogen (secondary N) is 1. The molecule has 1 fully saturated rings. The molecule has 0 bridgehead atoms. The molecule has 0 saturated heterocycles. The summed E-state index contributed by atoms with van der Waals surface area (Å²) in [6.07, 6.45) is 6.42. The van der Waals surface area contributed by atoms with Gasteiger partial charge in [0.25, 0.3) is 6.01 Å². The first-order valence-corrected chi connectivity index (χ1v) is 5.65. The molecule has 1 heterocycles. The van der Waals surface area contributed by atoms with Gasteiger partial charge in [0.1, 0.15) is 6.10 Å². The van der Waals surface area contributed by atoms with Crippen molar-refractivity contribution in [1.82, 2.24) is 14.9 Å². The number of hydrogen-bond acceptors (Lipinski definition) is 3. The molecular weight excluding hydrogens is 190 g/mol. The van der Waals surface area contributed by atoms with Crippen LogP contribution < -0.4 is 10.1 Å². The van der Waals surface area contributed by atoms with Crippen LogP contribution in [0.15, 0.2) is 12.4 Å². The van der Waals surface area contributed by atoms with Crippen molar-refractivity contribution in [2.45, 2.75) is 32.4 Å². The topological polar surface area (TPSA) is 39.1 Å². The van der Waals surface area contributed by atoms with Gasteiger partial charge in [0.2, 0.25) is 0 Å². The highest BCUT2D eigenvalue weighted by atomic mass is 16.5. The Hall–Kier alpha value is -1.03. The average molecular weight is 209 g/mol. The number of aryl methyl sites for hydroxylation is 1. The summed E-state index contributed by atoms with van der Waals surface area (Å²) in [6.45, 7) is 4.11. The molecule has 4 heteroatoms. The molecule has 0 aliphatic heterocycles. The Bertz CT molecular complexity index is 305. The van der Waals surface area contributed by atoms with Crippen LogP contribution in [-0.4, -0.2) is 29.2 Å². The normalized spacial score (nSPS) is 24.9. The zero-order valence-electron chi connectivity index (χ0n) is 9.44. The number of nitrogens with zero attached hydrogens (tertiary/aromatic N) is 2. The molecule has 0 spiro atoms. The minimum atomic E-state index is 0.371. The van der Waals surface area contributed by atoms with E-state index in [1.165, 1.54) is 0 Å². The van der Waals surface area contributed by atoms with Crippen LogP contribution in [0, 0.1) is 5.92 Å². The zero-order valence-corrected chi connectivity index (χ0v) is 9.44. The van der Waals surface area contributed by atoms with Crippen LogP contribution >= 0.6 is 0 Å². The molecule has 15 heavy (non-hydrogen) atoms. The van der Waals surface area contributed by atoms with E-state index < -0.39 is 0 Å². The lowest BCUT2D eigenvalue weighted by atomic mass is 9.82. The third kappa shape index (κ3) is 2.31. The fraction of sp³-hybridized carbons (Fsp3) is 0.727. The molecule has 0 aromatic carbocycles. The van der Waals surface area contributed by atoms with Crippen molar-refractivity contribution in [2.75, 3.05) is 13.6 Å². The summed E-state index contributed by atoms with van der Waals surface area (Å²) in [7, 11) is 2.00. The Kier molecular flexibility index (Phi) is 3.26. The molecule has 0 atom stereocenters. The third-order valence-electron chi connectivity index (χ3n) is 2.98. The maximum atomic E-state index is 5.81. The second kappa shape index (κ2) is 4.66. The van der Waals surface area contributed by atoms with E-state index in [1.807, 2.05) is 17.8 Å². The van der Waals surface area contributed by atoms with Gasteiger partial charge in [0.15, 0.2) is 0 Å². The smallest absolute Gasteiger partial charge is 0.296 e. The third-order valence-corrected chi connectivity index (χ3v) is 2.98. The van der Waals surface area contributed by atoms with Crippen molar-refractivity contribution in [3.05, 3.63) is 12.4 Å². The van der Waals surface area contributed by atoms with Gasteiger partial charge in [-0.25, -0.2) is 4.98 Å². The van der Waals surface area contributed by atoms with E-state index in [0.29, 0.717) is 6.10 Å². The first kappa shape index (κ1) is 10.5. The Labute approximate surface area is 90.6 Å². The highest BCUT2D eigenvalue weighted by Gasteiger charge is 2.30. The minimum Gasteiger partial charge on any atom is -0.461 e. The Morgan fingerprint density at radius 2 is 2.40 bits per heavy atom. The molecule has 2 rings (SSSR count). The zero-order chi connectivity index (χ0) is 10.7. The molecule has 0 unspecified atom stereocenters. The molecule has 1 N–H and O–H groups in total. The van der Waals surface area contributed by atoms with E-state index in [4.69, 9.17) is 4.74 Å². The predicted molar refractivity (Wildman–Crippen MR) is 59.0 cm³/mol. The summed E-state index contributed by atoms with van der Waals surface area (Å²) < 4.78 is 7.85. The van der Waals surface area contributed by atoms with Gasteiger partial charge in [-0.1, -0.05) is 0 Å². The molecular formula is C11H19N3O. The highest BCUT2D eigenvalue weighted by molar-refractivity contribution is 5.00. The van der Waals surface area contributed by atoms with Crippen molar-refractivity contribution < 1.29 is 4.74 Å². The fourth-order valence-corrected chi connectivity index (χ4v) is 2.03. The van der Waals surface area contributed by atoms with E-state index in [1.54, 1.807) is 6.20 Å². The number of imidazole rings is 1. The summed E-state index contributed by atoms with van der Waals surface area (Å²) >= 11 is 0. The van der Waals surface area contributed by atoms with Gasteiger partial charge in [-0.3, -0.25) is 0 Å². The second-order valence-corrected chi connectivity index (χ2v) is 4.13. The van der Waals surface area contributed by atoms with Crippen molar-refractivity contribution in [3.63, 3.8) is 0 Å². The van der Waals surface area contributed by atoms with Crippen LogP contribution in [0.3, 0.4) is 0 Å². The van der Waals surface area contributed by atoms with E-state index >= 15 is 0 Å². The summed E-state index contributed by atoms with van der Waals surface area (Å²) in [5, 5.41) is 3.20. The average Bonchev–Trinajstić information content (AvgIpc) is 2.62. The molecule has 0 amide bonds. The standard InChI is InChI=1S/C11H19N3O/c1-3-14-5-4-13-11(14)15-10-6-9(7-10)8-12-2/h4-5,9-10,12H,3,6-8H2,1-2H3. The van der Waals surface area contributed by atoms with E-state index in [-0.39, 0.29) is 0 Å². The summed E-state index contributed by atoms with van der Waals surface area (Å²) in [5.41, 5.74) is 0. The predicted octanol–water partition coefficient (Wildman–Crippen LogP) is 1.28. The van der Waals surface area contributed by atoms with Crippen LogP contribution in [-0.2, 0) is 6.54 Å². The lowest BCUT2D eigenvalue weighted by Crippen LogP contribution is -2.39. The Balaban J connectivity index is 1.79. The van der Waals surface area contributed by atoms with Gasteiger partial charge in [0.05, 0.1) is 0 Å². The van der Waals surface area contributed by atoms with Crippen LogP contribution in [0.2, 0.25) is 0 Å².